The highest BCUT2D eigenvalue weighted by Crippen LogP contribution is 2.35. The minimum Gasteiger partial charge on any atom is -0.352 e. The van der Waals surface area contributed by atoms with Crippen molar-refractivity contribution in [3.63, 3.8) is 0 Å². The summed E-state index contributed by atoms with van der Waals surface area (Å²) in [6.07, 6.45) is 0. The molecule has 3 aromatic carbocycles. The quantitative estimate of drug-likeness (QED) is 0.282. The molecule has 3 rings (SSSR count). The van der Waals surface area contributed by atoms with Crippen molar-refractivity contribution in [2.75, 3.05) is 10.8 Å². The van der Waals surface area contributed by atoms with Crippen LogP contribution in [0.15, 0.2) is 76.1 Å². The van der Waals surface area contributed by atoms with E-state index in [4.69, 9.17) is 23.2 Å². The summed E-state index contributed by atoms with van der Waals surface area (Å²) in [6.45, 7) is 6.58. The number of halogens is 3. The molecule has 0 aromatic heterocycles. The van der Waals surface area contributed by atoms with E-state index in [0.717, 1.165) is 19.9 Å². The van der Waals surface area contributed by atoms with Crippen LogP contribution in [-0.4, -0.2) is 43.8 Å². The molecule has 0 fully saturated rings. The molecule has 0 bridgehead atoms. The highest BCUT2D eigenvalue weighted by Gasteiger charge is 2.33. The number of benzene rings is 3. The van der Waals surface area contributed by atoms with Crippen molar-refractivity contribution in [2.45, 2.75) is 51.2 Å². The number of anilines is 1. The third-order valence-corrected chi connectivity index (χ3v) is 9.06. The van der Waals surface area contributed by atoms with Gasteiger partial charge >= 0.3 is 0 Å². The van der Waals surface area contributed by atoms with Crippen molar-refractivity contribution >= 4 is 66.7 Å². The van der Waals surface area contributed by atoms with E-state index in [1.54, 1.807) is 25.1 Å². The molecule has 208 valence electrons. The number of hydrogen-bond donors (Lipinski definition) is 1. The molecule has 0 aliphatic rings. The van der Waals surface area contributed by atoms with Gasteiger partial charge in [0.25, 0.3) is 10.0 Å². The van der Waals surface area contributed by atoms with E-state index in [1.807, 2.05) is 45.0 Å². The van der Waals surface area contributed by atoms with Gasteiger partial charge in [-0.05, 0) is 69.7 Å². The Hall–Kier alpha value is -2.59. The number of aryl methyl sites for hydroxylation is 1. The fourth-order valence-electron chi connectivity index (χ4n) is 3.81. The van der Waals surface area contributed by atoms with Crippen LogP contribution in [0, 0.1) is 6.92 Å². The normalized spacial score (nSPS) is 12.2. The number of carbonyl (C=O) groups excluding carboxylic acids is 2. The fraction of sp³-hybridized carbons (Fsp3) is 0.286. The molecule has 3 aromatic rings. The second-order valence-corrected chi connectivity index (χ2v) is 12.9. The number of nitrogens with zero attached hydrogens (tertiary/aromatic N) is 2. The van der Waals surface area contributed by atoms with Crippen LogP contribution in [0.4, 0.5) is 5.69 Å². The SMILES string of the molecule is Cc1ccc(S(=O)(=O)N(CC(=O)N(Cc2ccc(Br)cc2)C(C)C(=O)NC(C)C)c2cccc(Cl)c2Cl)cc1. The molecule has 0 saturated heterocycles. The summed E-state index contributed by atoms with van der Waals surface area (Å²) in [6, 6.07) is 17.1. The predicted octanol–water partition coefficient (Wildman–Crippen LogP) is 6.20. The van der Waals surface area contributed by atoms with Crippen molar-refractivity contribution in [1.82, 2.24) is 10.2 Å². The summed E-state index contributed by atoms with van der Waals surface area (Å²) >= 11 is 16.1. The second-order valence-electron chi connectivity index (χ2n) is 9.39. The van der Waals surface area contributed by atoms with Crippen LogP contribution in [0.2, 0.25) is 10.0 Å². The van der Waals surface area contributed by atoms with Gasteiger partial charge in [-0.1, -0.05) is 75.0 Å². The molecule has 1 N–H and O–H groups in total. The van der Waals surface area contributed by atoms with Gasteiger partial charge in [0, 0.05) is 17.1 Å². The van der Waals surface area contributed by atoms with Gasteiger partial charge in [-0.25, -0.2) is 8.42 Å². The van der Waals surface area contributed by atoms with Crippen LogP contribution in [0.25, 0.3) is 0 Å². The largest absolute Gasteiger partial charge is 0.352 e. The lowest BCUT2D eigenvalue weighted by molar-refractivity contribution is -0.139. The Balaban J connectivity index is 2.07. The Labute approximate surface area is 248 Å². The molecule has 0 spiro atoms. The van der Waals surface area contributed by atoms with Crippen LogP contribution < -0.4 is 9.62 Å². The molecule has 39 heavy (non-hydrogen) atoms. The summed E-state index contributed by atoms with van der Waals surface area (Å²) in [5.41, 5.74) is 1.70. The molecule has 1 unspecified atom stereocenters. The number of hydrogen-bond acceptors (Lipinski definition) is 4. The molecular formula is C28H30BrCl2N3O4S. The van der Waals surface area contributed by atoms with Crippen molar-refractivity contribution in [3.8, 4) is 0 Å². The third kappa shape index (κ3) is 7.75. The zero-order valence-electron chi connectivity index (χ0n) is 22.0. The van der Waals surface area contributed by atoms with Crippen molar-refractivity contribution in [3.05, 3.63) is 92.4 Å². The Bertz CT molecular complexity index is 1430. The zero-order chi connectivity index (χ0) is 28.9. The predicted molar refractivity (Wildman–Crippen MR) is 160 cm³/mol. The Kier molecular flexibility index (Phi) is 10.5. The summed E-state index contributed by atoms with van der Waals surface area (Å²) in [7, 11) is -4.25. The van der Waals surface area contributed by atoms with Crippen LogP contribution >= 0.6 is 39.1 Å². The van der Waals surface area contributed by atoms with Gasteiger partial charge in [0.1, 0.15) is 12.6 Å². The minimum absolute atomic E-state index is 0.00675. The summed E-state index contributed by atoms with van der Waals surface area (Å²) in [4.78, 5) is 28.2. The highest BCUT2D eigenvalue weighted by atomic mass is 79.9. The Morgan fingerprint density at radius 2 is 1.56 bits per heavy atom. The molecule has 0 radical (unpaired) electrons. The van der Waals surface area contributed by atoms with Crippen molar-refractivity contribution in [1.29, 1.82) is 0 Å². The highest BCUT2D eigenvalue weighted by molar-refractivity contribution is 9.10. The average Bonchev–Trinajstić information content (AvgIpc) is 2.88. The molecule has 0 aliphatic heterocycles. The zero-order valence-corrected chi connectivity index (χ0v) is 25.9. The number of carbonyl (C=O) groups is 2. The lowest BCUT2D eigenvalue weighted by Crippen LogP contribution is -2.52. The maximum Gasteiger partial charge on any atom is 0.264 e. The molecule has 2 amide bonds. The molecule has 0 heterocycles. The Morgan fingerprint density at radius 3 is 2.15 bits per heavy atom. The van der Waals surface area contributed by atoms with Crippen LogP contribution in [0.3, 0.4) is 0 Å². The first-order valence-electron chi connectivity index (χ1n) is 12.2. The monoisotopic (exact) mass is 653 g/mol. The maximum absolute atomic E-state index is 13.9. The lowest BCUT2D eigenvalue weighted by atomic mass is 10.1. The van der Waals surface area contributed by atoms with E-state index in [2.05, 4.69) is 21.2 Å². The summed E-state index contributed by atoms with van der Waals surface area (Å²) in [5, 5.41) is 2.96. The third-order valence-electron chi connectivity index (χ3n) is 5.95. The fourth-order valence-corrected chi connectivity index (χ4v) is 5.95. The lowest BCUT2D eigenvalue weighted by Gasteiger charge is -2.32. The second kappa shape index (κ2) is 13.2. The standard InChI is InChI=1S/C28H30BrCl2N3O4S/c1-18(2)32-28(36)20(4)33(16-21-10-12-22(29)13-11-21)26(35)17-34(25-7-5-6-24(30)27(25)31)39(37,38)23-14-8-19(3)9-15-23/h5-15,18,20H,16-17H2,1-4H3,(H,32,36). The molecule has 11 heteroatoms. The van der Waals surface area contributed by atoms with E-state index >= 15 is 0 Å². The molecule has 0 aliphatic carbocycles. The smallest absolute Gasteiger partial charge is 0.264 e. The van der Waals surface area contributed by atoms with Crippen molar-refractivity contribution < 1.29 is 18.0 Å². The maximum atomic E-state index is 13.9. The molecular weight excluding hydrogens is 625 g/mol. The molecule has 0 saturated carbocycles. The minimum atomic E-state index is -4.25. The molecule has 1 atom stereocenters. The van der Waals surface area contributed by atoms with Gasteiger partial charge in [0.2, 0.25) is 11.8 Å². The number of nitrogens with one attached hydrogen (secondary N) is 1. The number of amides is 2. The molecule has 7 nitrogen and oxygen atoms in total. The van der Waals surface area contributed by atoms with Crippen LogP contribution in [0.1, 0.15) is 31.9 Å². The first kappa shape index (κ1) is 30.9. The summed E-state index contributed by atoms with van der Waals surface area (Å²) in [5.74, 6) is -0.944. The van der Waals surface area contributed by atoms with E-state index < -0.39 is 28.5 Å². The van der Waals surface area contributed by atoms with Gasteiger partial charge in [-0.3, -0.25) is 13.9 Å². The van der Waals surface area contributed by atoms with Gasteiger partial charge in [0.05, 0.1) is 20.6 Å². The van der Waals surface area contributed by atoms with E-state index in [0.29, 0.717) is 0 Å². The number of sulfonamides is 1. The van der Waals surface area contributed by atoms with E-state index in [1.165, 1.54) is 29.2 Å². The van der Waals surface area contributed by atoms with Gasteiger partial charge < -0.3 is 10.2 Å². The van der Waals surface area contributed by atoms with E-state index in [9.17, 15) is 18.0 Å². The van der Waals surface area contributed by atoms with Crippen LogP contribution in [0.5, 0.6) is 0 Å². The van der Waals surface area contributed by atoms with Crippen molar-refractivity contribution in [2.24, 2.45) is 0 Å². The first-order valence-corrected chi connectivity index (χ1v) is 15.2. The van der Waals surface area contributed by atoms with Gasteiger partial charge in [0.15, 0.2) is 0 Å². The number of rotatable bonds is 10. The average molecular weight is 655 g/mol. The van der Waals surface area contributed by atoms with Gasteiger partial charge in [-0.15, -0.1) is 0 Å². The summed E-state index contributed by atoms with van der Waals surface area (Å²) < 4.78 is 29.6. The Morgan fingerprint density at radius 1 is 0.949 bits per heavy atom. The van der Waals surface area contributed by atoms with E-state index in [-0.39, 0.29) is 39.1 Å². The first-order chi connectivity index (χ1) is 18.3. The van der Waals surface area contributed by atoms with Gasteiger partial charge in [-0.2, -0.15) is 0 Å². The van der Waals surface area contributed by atoms with Crippen LogP contribution in [-0.2, 0) is 26.2 Å². The topological polar surface area (TPSA) is 86.8 Å².